The Kier molecular flexibility index (Phi) is 6.22. The molecule has 0 bridgehead atoms. The summed E-state index contributed by atoms with van der Waals surface area (Å²) < 4.78 is 17.1. The number of rotatable bonds is 7. The van der Waals surface area contributed by atoms with Crippen LogP contribution in [0.25, 0.3) is 0 Å². The van der Waals surface area contributed by atoms with E-state index in [4.69, 9.17) is 14.2 Å². The second kappa shape index (κ2) is 8.80. The van der Waals surface area contributed by atoms with Gasteiger partial charge in [-0.25, -0.2) is 0 Å². The number of hydrogen-bond donors (Lipinski definition) is 1. The monoisotopic (exact) mass is 369 g/mol. The van der Waals surface area contributed by atoms with Gasteiger partial charge in [-0.2, -0.15) is 0 Å². The Balaban J connectivity index is 1.63. The van der Waals surface area contributed by atoms with Gasteiger partial charge in [0, 0.05) is 0 Å². The highest BCUT2D eigenvalue weighted by atomic mass is 16.6. The fourth-order valence-corrected chi connectivity index (χ4v) is 3.01. The number of aryl methyl sites for hydroxylation is 1. The van der Waals surface area contributed by atoms with Crippen LogP contribution in [-0.2, 0) is 11.2 Å². The molecule has 5 heteroatoms. The molecule has 0 saturated carbocycles. The molecule has 0 radical (unpaired) electrons. The zero-order chi connectivity index (χ0) is 19.2. The summed E-state index contributed by atoms with van der Waals surface area (Å²) in [7, 11) is 0. The largest absolute Gasteiger partial charge is 0.486 e. The molecule has 1 heterocycles. The lowest BCUT2D eigenvalue weighted by molar-refractivity contribution is -0.128. The number of benzene rings is 2. The molecule has 0 aromatic heterocycles. The summed E-state index contributed by atoms with van der Waals surface area (Å²) in [6, 6.07) is 13.5. The summed E-state index contributed by atoms with van der Waals surface area (Å²) in [6.45, 7) is 7.11. The number of ether oxygens (including phenoxy) is 3. The Labute approximate surface area is 160 Å². The van der Waals surface area contributed by atoms with Crippen molar-refractivity contribution >= 4 is 5.91 Å². The van der Waals surface area contributed by atoms with Gasteiger partial charge in [0.15, 0.2) is 17.6 Å². The molecule has 2 atom stereocenters. The third kappa shape index (κ3) is 4.73. The van der Waals surface area contributed by atoms with Gasteiger partial charge < -0.3 is 19.5 Å². The highest BCUT2D eigenvalue weighted by molar-refractivity contribution is 5.81. The fourth-order valence-electron chi connectivity index (χ4n) is 3.01. The molecule has 1 N–H and O–H groups in total. The topological polar surface area (TPSA) is 56.8 Å². The predicted octanol–water partition coefficient (Wildman–Crippen LogP) is 4.06. The van der Waals surface area contributed by atoms with Crippen LogP contribution in [0.2, 0.25) is 0 Å². The molecule has 0 spiro atoms. The number of nitrogens with one attached hydrogen (secondary N) is 1. The van der Waals surface area contributed by atoms with Crippen molar-refractivity contribution in [1.82, 2.24) is 5.32 Å². The minimum atomic E-state index is -0.530. The molecule has 2 aromatic rings. The van der Waals surface area contributed by atoms with E-state index in [0.717, 1.165) is 23.5 Å². The molecule has 5 nitrogen and oxygen atoms in total. The van der Waals surface area contributed by atoms with Crippen LogP contribution in [0, 0.1) is 0 Å². The molecule has 27 heavy (non-hydrogen) atoms. The van der Waals surface area contributed by atoms with E-state index in [0.29, 0.717) is 25.4 Å². The maximum absolute atomic E-state index is 12.7. The number of fused-ring (bicyclic) bond motifs is 1. The molecular formula is C22H27NO4. The smallest absolute Gasteiger partial charge is 0.261 e. The Morgan fingerprint density at radius 3 is 2.44 bits per heavy atom. The third-order valence-electron chi connectivity index (χ3n) is 4.70. The molecule has 0 unspecified atom stereocenters. The standard InChI is InChI=1S/C22H27NO4/c1-4-16-6-9-18(10-7-16)27-19(5-2)22(24)23-15(3)17-8-11-20-21(14-17)26-13-12-25-20/h6-11,14-15,19H,4-5,12-13H2,1-3H3,(H,23,24)/t15-,19+/m1/s1. The van der Waals surface area contributed by atoms with E-state index in [2.05, 4.69) is 12.2 Å². The van der Waals surface area contributed by atoms with Crippen molar-refractivity contribution in [3.63, 3.8) is 0 Å². The van der Waals surface area contributed by atoms with Gasteiger partial charge in [0.2, 0.25) is 0 Å². The van der Waals surface area contributed by atoms with Crippen molar-refractivity contribution in [2.75, 3.05) is 13.2 Å². The molecule has 0 fully saturated rings. The van der Waals surface area contributed by atoms with Gasteiger partial charge in [-0.05, 0) is 55.2 Å². The van der Waals surface area contributed by atoms with Gasteiger partial charge in [0.1, 0.15) is 19.0 Å². The molecule has 144 valence electrons. The summed E-state index contributed by atoms with van der Waals surface area (Å²) in [5.74, 6) is 2.05. The lowest BCUT2D eigenvalue weighted by Gasteiger charge is -2.23. The lowest BCUT2D eigenvalue weighted by Crippen LogP contribution is -2.39. The minimum absolute atomic E-state index is 0.126. The second-order valence-corrected chi connectivity index (χ2v) is 6.65. The van der Waals surface area contributed by atoms with Crippen LogP contribution >= 0.6 is 0 Å². The molecule has 0 saturated heterocycles. The number of hydrogen-bond acceptors (Lipinski definition) is 4. The average molecular weight is 369 g/mol. The molecule has 2 aromatic carbocycles. The van der Waals surface area contributed by atoms with Crippen molar-refractivity contribution in [2.45, 2.75) is 45.8 Å². The maximum Gasteiger partial charge on any atom is 0.261 e. The van der Waals surface area contributed by atoms with Crippen LogP contribution in [0.5, 0.6) is 17.2 Å². The van der Waals surface area contributed by atoms with Crippen LogP contribution in [0.1, 0.15) is 44.4 Å². The van der Waals surface area contributed by atoms with Crippen LogP contribution in [0.15, 0.2) is 42.5 Å². The average Bonchev–Trinajstić information content (AvgIpc) is 2.71. The minimum Gasteiger partial charge on any atom is -0.486 e. The first kappa shape index (κ1) is 19.1. The number of carbonyl (C=O) groups is 1. The van der Waals surface area contributed by atoms with Crippen LogP contribution in [-0.4, -0.2) is 25.2 Å². The van der Waals surface area contributed by atoms with Gasteiger partial charge in [0.05, 0.1) is 6.04 Å². The molecule has 3 rings (SSSR count). The summed E-state index contributed by atoms with van der Waals surface area (Å²) >= 11 is 0. The molecule has 1 amide bonds. The van der Waals surface area contributed by atoms with E-state index in [1.54, 1.807) is 0 Å². The van der Waals surface area contributed by atoms with E-state index >= 15 is 0 Å². The van der Waals surface area contributed by atoms with Gasteiger partial charge in [0.25, 0.3) is 5.91 Å². The van der Waals surface area contributed by atoms with Gasteiger partial charge in [-0.15, -0.1) is 0 Å². The normalized spacial score (nSPS) is 14.9. The lowest BCUT2D eigenvalue weighted by atomic mass is 10.1. The molecule has 0 aliphatic carbocycles. The fraction of sp³-hybridized carbons (Fsp3) is 0.409. The first-order valence-corrected chi connectivity index (χ1v) is 9.56. The molecular weight excluding hydrogens is 342 g/mol. The number of carbonyl (C=O) groups excluding carboxylic acids is 1. The highest BCUT2D eigenvalue weighted by Gasteiger charge is 2.22. The summed E-state index contributed by atoms with van der Waals surface area (Å²) in [5.41, 5.74) is 2.21. The zero-order valence-corrected chi connectivity index (χ0v) is 16.2. The Morgan fingerprint density at radius 2 is 1.78 bits per heavy atom. The van der Waals surface area contributed by atoms with E-state index < -0.39 is 6.10 Å². The Hall–Kier alpha value is -2.69. The van der Waals surface area contributed by atoms with Gasteiger partial charge >= 0.3 is 0 Å². The highest BCUT2D eigenvalue weighted by Crippen LogP contribution is 2.32. The quantitative estimate of drug-likeness (QED) is 0.800. The summed E-state index contributed by atoms with van der Waals surface area (Å²) in [4.78, 5) is 12.7. The van der Waals surface area contributed by atoms with E-state index in [-0.39, 0.29) is 11.9 Å². The van der Waals surface area contributed by atoms with E-state index in [9.17, 15) is 4.79 Å². The van der Waals surface area contributed by atoms with Crippen LogP contribution in [0.3, 0.4) is 0 Å². The Bertz CT molecular complexity index is 772. The van der Waals surface area contributed by atoms with Crippen molar-refractivity contribution < 1.29 is 19.0 Å². The van der Waals surface area contributed by atoms with E-state index in [1.165, 1.54) is 5.56 Å². The maximum atomic E-state index is 12.7. The first-order chi connectivity index (χ1) is 13.1. The predicted molar refractivity (Wildman–Crippen MR) is 105 cm³/mol. The van der Waals surface area contributed by atoms with Crippen LogP contribution in [0.4, 0.5) is 0 Å². The van der Waals surface area contributed by atoms with Gasteiger partial charge in [-0.1, -0.05) is 32.0 Å². The Morgan fingerprint density at radius 1 is 1.07 bits per heavy atom. The second-order valence-electron chi connectivity index (χ2n) is 6.65. The third-order valence-corrected chi connectivity index (χ3v) is 4.70. The first-order valence-electron chi connectivity index (χ1n) is 9.56. The van der Waals surface area contributed by atoms with E-state index in [1.807, 2.05) is 56.3 Å². The van der Waals surface area contributed by atoms with Gasteiger partial charge in [-0.3, -0.25) is 4.79 Å². The SMILES string of the molecule is CCc1ccc(O[C@@H](CC)C(=O)N[C@H](C)c2ccc3c(c2)OCCO3)cc1. The zero-order valence-electron chi connectivity index (χ0n) is 16.2. The van der Waals surface area contributed by atoms with Crippen molar-refractivity contribution in [3.05, 3.63) is 53.6 Å². The van der Waals surface area contributed by atoms with Crippen molar-refractivity contribution in [3.8, 4) is 17.2 Å². The molecule has 1 aliphatic rings. The van der Waals surface area contributed by atoms with Crippen molar-refractivity contribution in [2.24, 2.45) is 0 Å². The van der Waals surface area contributed by atoms with Crippen molar-refractivity contribution in [1.29, 1.82) is 0 Å². The number of amides is 1. The molecule has 1 aliphatic heterocycles. The van der Waals surface area contributed by atoms with Crippen LogP contribution < -0.4 is 19.5 Å². The summed E-state index contributed by atoms with van der Waals surface area (Å²) in [6.07, 6.45) is 1.04. The summed E-state index contributed by atoms with van der Waals surface area (Å²) in [5, 5.41) is 3.04.